The summed E-state index contributed by atoms with van der Waals surface area (Å²) in [5, 5.41) is 17.5. The van der Waals surface area contributed by atoms with E-state index in [2.05, 4.69) is 4.74 Å². The van der Waals surface area contributed by atoms with Crippen molar-refractivity contribution < 1.29 is 23.4 Å². The van der Waals surface area contributed by atoms with Gasteiger partial charge in [-0.25, -0.2) is 4.79 Å². The Morgan fingerprint density at radius 3 is 2.62 bits per heavy atom. The molecule has 16 heavy (non-hydrogen) atoms. The molecule has 0 radical (unpaired) electrons. The average Bonchev–Trinajstić information content (AvgIpc) is 2.14. The van der Waals surface area contributed by atoms with E-state index in [1.807, 2.05) is 0 Å². The smallest absolute Gasteiger partial charge is 0.387 e. The van der Waals surface area contributed by atoms with E-state index < -0.39 is 12.6 Å². The molecule has 1 aromatic carbocycles. The first-order valence-corrected chi connectivity index (χ1v) is 4.95. The van der Waals surface area contributed by atoms with Gasteiger partial charge in [0, 0.05) is 3.57 Å². The third-order valence-electron chi connectivity index (χ3n) is 1.62. The standard InChI is InChI=1S/C9H4F2INO3/c10-9(11)16-5-1-4(3-13)7(8(14)15)6(12)2-5/h1-2,9H,(H,14,15). The zero-order valence-electron chi connectivity index (χ0n) is 7.58. The van der Waals surface area contributed by atoms with Crippen molar-refractivity contribution in [1.82, 2.24) is 0 Å². The van der Waals surface area contributed by atoms with Crippen LogP contribution in [0.25, 0.3) is 0 Å². The van der Waals surface area contributed by atoms with Crippen molar-refractivity contribution in [2.24, 2.45) is 0 Å². The lowest BCUT2D eigenvalue weighted by Crippen LogP contribution is -2.07. The molecule has 0 bridgehead atoms. The Morgan fingerprint density at radius 1 is 1.56 bits per heavy atom. The van der Waals surface area contributed by atoms with Gasteiger partial charge in [0.15, 0.2) is 0 Å². The van der Waals surface area contributed by atoms with Crippen LogP contribution >= 0.6 is 22.6 Å². The third kappa shape index (κ3) is 2.79. The van der Waals surface area contributed by atoms with Gasteiger partial charge in [-0.1, -0.05) is 0 Å². The fourth-order valence-electron chi connectivity index (χ4n) is 1.06. The molecule has 0 aliphatic rings. The van der Waals surface area contributed by atoms with E-state index in [-0.39, 0.29) is 20.4 Å². The molecule has 1 aromatic rings. The van der Waals surface area contributed by atoms with Gasteiger partial charge in [-0.2, -0.15) is 14.0 Å². The van der Waals surface area contributed by atoms with Gasteiger partial charge in [-0.15, -0.1) is 0 Å². The molecule has 0 unspecified atom stereocenters. The van der Waals surface area contributed by atoms with Crippen molar-refractivity contribution in [3.63, 3.8) is 0 Å². The molecule has 0 amide bonds. The number of alkyl halides is 2. The van der Waals surface area contributed by atoms with Crippen molar-refractivity contribution in [3.05, 3.63) is 26.8 Å². The number of hydrogen-bond acceptors (Lipinski definition) is 3. The van der Waals surface area contributed by atoms with Crippen LogP contribution in [-0.2, 0) is 0 Å². The molecular formula is C9H4F2INO3. The largest absolute Gasteiger partial charge is 0.478 e. The predicted molar refractivity (Wildman–Crippen MR) is 57.5 cm³/mol. The highest BCUT2D eigenvalue weighted by atomic mass is 127. The summed E-state index contributed by atoms with van der Waals surface area (Å²) in [5.74, 6) is -1.52. The van der Waals surface area contributed by atoms with Gasteiger partial charge in [0.2, 0.25) is 0 Å². The highest BCUT2D eigenvalue weighted by molar-refractivity contribution is 14.1. The van der Waals surface area contributed by atoms with Crippen LogP contribution < -0.4 is 4.74 Å². The van der Waals surface area contributed by atoms with Crippen molar-refractivity contribution >= 4 is 28.6 Å². The monoisotopic (exact) mass is 339 g/mol. The van der Waals surface area contributed by atoms with Gasteiger partial charge in [-0.05, 0) is 34.7 Å². The summed E-state index contributed by atoms with van der Waals surface area (Å²) >= 11 is 1.64. The SMILES string of the molecule is N#Cc1cc(OC(F)F)cc(I)c1C(=O)O. The lowest BCUT2D eigenvalue weighted by molar-refractivity contribution is -0.0498. The van der Waals surface area contributed by atoms with E-state index >= 15 is 0 Å². The Labute approximate surface area is 103 Å². The van der Waals surface area contributed by atoms with Crippen LogP contribution in [0.3, 0.4) is 0 Å². The van der Waals surface area contributed by atoms with E-state index in [4.69, 9.17) is 10.4 Å². The van der Waals surface area contributed by atoms with Gasteiger partial charge in [-0.3, -0.25) is 0 Å². The first-order valence-electron chi connectivity index (χ1n) is 3.87. The number of nitriles is 1. The molecule has 84 valence electrons. The Hall–Kier alpha value is -1.43. The number of ether oxygens (including phenoxy) is 1. The van der Waals surface area contributed by atoms with Gasteiger partial charge in [0.25, 0.3) is 0 Å². The maximum atomic E-state index is 11.9. The summed E-state index contributed by atoms with van der Waals surface area (Å²) in [4.78, 5) is 10.8. The van der Waals surface area contributed by atoms with Crippen LogP contribution in [0.4, 0.5) is 8.78 Å². The normalized spacial score (nSPS) is 9.94. The fraction of sp³-hybridized carbons (Fsp3) is 0.111. The van der Waals surface area contributed by atoms with Crippen LogP contribution in [0.1, 0.15) is 15.9 Å². The minimum Gasteiger partial charge on any atom is -0.478 e. The number of carbonyl (C=O) groups is 1. The van der Waals surface area contributed by atoms with Gasteiger partial charge in [0.1, 0.15) is 11.8 Å². The van der Waals surface area contributed by atoms with Crippen molar-refractivity contribution in [2.75, 3.05) is 0 Å². The third-order valence-corrected chi connectivity index (χ3v) is 2.47. The molecule has 0 fully saturated rings. The highest BCUT2D eigenvalue weighted by Crippen LogP contribution is 2.25. The number of nitrogens with zero attached hydrogens (tertiary/aromatic N) is 1. The van der Waals surface area contributed by atoms with Crippen LogP contribution in [0.15, 0.2) is 12.1 Å². The van der Waals surface area contributed by atoms with Crippen LogP contribution in [-0.4, -0.2) is 17.7 Å². The molecule has 7 heteroatoms. The summed E-state index contributed by atoms with van der Waals surface area (Å²) in [6, 6.07) is 3.73. The summed E-state index contributed by atoms with van der Waals surface area (Å²) in [7, 11) is 0. The van der Waals surface area contributed by atoms with Crippen LogP contribution in [0, 0.1) is 14.9 Å². The molecule has 0 aliphatic carbocycles. The van der Waals surface area contributed by atoms with E-state index in [1.54, 1.807) is 28.7 Å². The van der Waals surface area contributed by atoms with Crippen molar-refractivity contribution in [1.29, 1.82) is 5.26 Å². The van der Waals surface area contributed by atoms with Gasteiger partial charge in [0.05, 0.1) is 11.1 Å². The molecule has 1 N–H and O–H groups in total. The molecule has 0 spiro atoms. The second kappa shape index (κ2) is 5.07. The minimum atomic E-state index is -3.02. The van der Waals surface area contributed by atoms with E-state index in [9.17, 15) is 13.6 Å². The lowest BCUT2D eigenvalue weighted by atomic mass is 10.1. The van der Waals surface area contributed by atoms with Crippen molar-refractivity contribution in [3.8, 4) is 11.8 Å². The Balaban J connectivity index is 3.28. The molecule has 0 heterocycles. The first-order chi connectivity index (χ1) is 7.45. The number of carboxylic acids is 1. The highest BCUT2D eigenvalue weighted by Gasteiger charge is 2.17. The van der Waals surface area contributed by atoms with E-state index in [0.717, 1.165) is 12.1 Å². The average molecular weight is 339 g/mol. The number of carboxylic acid groups (broad SMARTS) is 1. The van der Waals surface area contributed by atoms with Crippen LogP contribution in [0.5, 0.6) is 5.75 Å². The second-order valence-corrected chi connectivity index (χ2v) is 3.79. The summed E-state index contributed by atoms with van der Waals surface area (Å²) in [6.45, 7) is -3.02. The first kappa shape index (κ1) is 12.6. The summed E-state index contributed by atoms with van der Waals surface area (Å²) in [5.41, 5.74) is -0.431. The second-order valence-electron chi connectivity index (χ2n) is 2.62. The van der Waals surface area contributed by atoms with Gasteiger partial charge < -0.3 is 9.84 Å². The topological polar surface area (TPSA) is 70.3 Å². The number of hydrogen-bond donors (Lipinski definition) is 1. The lowest BCUT2D eigenvalue weighted by Gasteiger charge is -2.07. The Morgan fingerprint density at radius 2 is 2.19 bits per heavy atom. The van der Waals surface area contributed by atoms with Crippen LogP contribution in [0.2, 0.25) is 0 Å². The quantitative estimate of drug-likeness (QED) is 0.859. The molecule has 0 aromatic heterocycles. The zero-order valence-corrected chi connectivity index (χ0v) is 9.73. The molecular weight excluding hydrogens is 335 g/mol. The molecule has 0 atom stereocenters. The minimum absolute atomic E-state index is 0.166. The summed E-state index contributed by atoms with van der Waals surface area (Å²) < 4.78 is 28.1. The molecule has 0 saturated heterocycles. The van der Waals surface area contributed by atoms with Gasteiger partial charge >= 0.3 is 12.6 Å². The number of halogens is 3. The van der Waals surface area contributed by atoms with E-state index in [0.29, 0.717) is 0 Å². The molecule has 4 nitrogen and oxygen atoms in total. The molecule has 1 rings (SSSR count). The number of rotatable bonds is 3. The van der Waals surface area contributed by atoms with E-state index in [1.165, 1.54) is 0 Å². The zero-order chi connectivity index (χ0) is 12.3. The fourth-order valence-corrected chi connectivity index (χ4v) is 1.89. The number of benzene rings is 1. The predicted octanol–water partition coefficient (Wildman–Crippen LogP) is 2.46. The summed E-state index contributed by atoms with van der Waals surface area (Å²) in [6.07, 6.45) is 0. The Kier molecular flexibility index (Phi) is 4.00. The van der Waals surface area contributed by atoms with Crippen molar-refractivity contribution in [2.45, 2.75) is 6.61 Å². The Bertz CT molecular complexity index is 471. The maximum Gasteiger partial charge on any atom is 0.387 e. The molecule has 0 saturated carbocycles. The number of aromatic carboxylic acids is 1. The maximum absolute atomic E-state index is 11.9. The molecule has 0 aliphatic heterocycles.